The molecule has 0 bridgehead atoms. The molecule has 0 saturated heterocycles. The smallest absolute Gasteiger partial charge is 0.408 e. The summed E-state index contributed by atoms with van der Waals surface area (Å²) in [7, 11) is -3.76. The second-order valence-corrected chi connectivity index (χ2v) is 6.70. The molecule has 2 heterocycles. The molecule has 122 valence electrons. The zero-order valence-corrected chi connectivity index (χ0v) is 13.1. The molecule has 0 atom stereocenters. The van der Waals surface area contributed by atoms with Gasteiger partial charge in [-0.3, -0.25) is 4.98 Å². The number of rotatable bonds is 6. The average Bonchev–Trinajstić information content (AvgIpc) is 3.10. The predicted molar refractivity (Wildman–Crippen MR) is 81.2 cm³/mol. The first-order valence-corrected chi connectivity index (χ1v) is 8.47. The lowest BCUT2D eigenvalue weighted by Crippen LogP contribution is -2.25. The molecule has 10 heteroatoms. The zero-order chi connectivity index (χ0) is 16.4. The normalized spacial score (nSPS) is 12.0. The van der Waals surface area contributed by atoms with Crippen LogP contribution in [0.3, 0.4) is 0 Å². The van der Waals surface area contributed by atoms with E-state index in [1.807, 2.05) is 6.92 Å². The molecule has 2 aromatic heterocycles. The van der Waals surface area contributed by atoms with Crippen LogP contribution in [0, 0.1) is 0 Å². The van der Waals surface area contributed by atoms with Crippen molar-refractivity contribution < 1.29 is 12.8 Å². The SMILES string of the molecule is CCCn1cnnc1CNS(=O)(=O)c1ccc2[nH]c(=O)oc2c1. The summed E-state index contributed by atoms with van der Waals surface area (Å²) in [5, 5.41) is 7.69. The number of oxazole rings is 1. The number of nitrogens with zero attached hydrogens (tertiary/aromatic N) is 3. The van der Waals surface area contributed by atoms with Gasteiger partial charge in [0.1, 0.15) is 12.2 Å². The Bertz CT molecular complexity index is 985. The van der Waals surface area contributed by atoms with Gasteiger partial charge in [0, 0.05) is 12.6 Å². The Labute approximate surface area is 131 Å². The fraction of sp³-hybridized carbons (Fsp3) is 0.308. The molecule has 0 amide bonds. The Balaban J connectivity index is 1.82. The Morgan fingerprint density at radius 2 is 2.22 bits per heavy atom. The van der Waals surface area contributed by atoms with Crippen LogP contribution in [0.4, 0.5) is 0 Å². The number of hydrogen-bond donors (Lipinski definition) is 2. The molecule has 3 aromatic rings. The fourth-order valence-electron chi connectivity index (χ4n) is 2.18. The number of sulfonamides is 1. The van der Waals surface area contributed by atoms with E-state index >= 15 is 0 Å². The summed E-state index contributed by atoms with van der Waals surface area (Å²) < 4.78 is 33.8. The molecule has 9 nitrogen and oxygen atoms in total. The van der Waals surface area contributed by atoms with Gasteiger partial charge in [-0.05, 0) is 18.6 Å². The van der Waals surface area contributed by atoms with Gasteiger partial charge in [-0.15, -0.1) is 10.2 Å². The van der Waals surface area contributed by atoms with Crippen molar-refractivity contribution >= 4 is 21.1 Å². The van der Waals surface area contributed by atoms with E-state index in [4.69, 9.17) is 4.42 Å². The third-order valence-corrected chi connectivity index (χ3v) is 4.68. The summed E-state index contributed by atoms with van der Waals surface area (Å²) in [5.74, 6) is -0.0974. The van der Waals surface area contributed by atoms with Crippen LogP contribution in [0.25, 0.3) is 11.1 Å². The number of hydrogen-bond acceptors (Lipinski definition) is 6. The van der Waals surface area contributed by atoms with Crippen LogP contribution >= 0.6 is 0 Å². The van der Waals surface area contributed by atoms with Crippen LogP contribution < -0.4 is 10.5 Å². The van der Waals surface area contributed by atoms with Crippen molar-refractivity contribution in [3.63, 3.8) is 0 Å². The first-order chi connectivity index (χ1) is 11.0. The molecule has 0 fully saturated rings. The third-order valence-electron chi connectivity index (χ3n) is 3.28. The Kier molecular flexibility index (Phi) is 4.01. The lowest BCUT2D eigenvalue weighted by Gasteiger charge is -2.07. The molecular formula is C13H15N5O4S. The van der Waals surface area contributed by atoms with E-state index in [9.17, 15) is 13.2 Å². The summed E-state index contributed by atoms with van der Waals surface area (Å²) in [4.78, 5) is 13.6. The molecule has 0 radical (unpaired) electrons. The number of H-pyrrole nitrogens is 1. The maximum atomic E-state index is 12.3. The maximum Gasteiger partial charge on any atom is 0.417 e. The number of benzene rings is 1. The van der Waals surface area contributed by atoms with Crippen LogP contribution in [0.2, 0.25) is 0 Å². The van der Waals surface area contributed by atoms with E-state index in [2.05, 4.69) is 19.9 Å². The molecule has 0 aliphatic rings. The van der Waals surface area contributed by atoms with E-state index in [1.165, 1.54) is 18.2 Å². The largest absolute Gasteiger partial charge is 0.417 e. The lowest BCUT2D eigenvalue weighted by molar-refractivity contribution is 0.553. The highest BCUT2D eigenvalue weighted by Gasteiger charge is 2.17. The van der Waals surface area contributed by atoms with Gasteiger partial charge < -0.3 is 8.98 Å². The number of aryl methyl sites for hydroxylation is 1. The predicted octanol–water partition coefficient (Wildman–Crippen LogP) is 0.601. The van der Waals surface area contributed by atoms with E-state index in [0.717, 1.165) is 6.42 Å². The van der Waals surface area contributed by atoms with Gasteiger partial charge in [0.25, 0.3) is 0 Å². The summed E-state index contributed by atoms with van der Waals surface area (Å²) in [6.45, 7) is 2.75. The molecule has 0 aliphatic carbocycles. The van der Waals surface area contributed by atoms with E-state index in [-0.39, 0.29) is 17.0 Å². The summed E-state index contributed by atoms with van der Waals surface area (Å²) in [6, 6.07) is 4.17. The highest BCUT2D eigenvalue weighted by atomic mass is 32.2. The van der Waals surface area contributed by atoms with Crippen molar-refractivity contribution in [1.82, 2.24) is 24.5 Å². The standard InChI is InChI=1S/C13H15N5O4S/c1-2-5-18-8-14-17-12(18)7-15-23(20,21)9-3-4-10-11(6-9)22-13(19)16-10/h3-4,6,8,15H,2,5,7H2,1H3,(H,16,19). The summed E-state index contributed by atoms with van der Waals surface area (Å²) in [6.07, 6.45) is 2.45. The van der Waals surface area contributed by atoms with E-state index in [0.29, 0.717) is 17.9 Å². The second kappa shape index (κ2) is 5.97. The lowest BCUT2D eigenvalue weighted by atomic mass is 10.3. The highest BCUT2D eigenvalue weighted by Crippen LogP contribution is 2.16. The van der Waals surface area contributed by atoms with Crippen LogP contribution in [-0.4, -0.2) is 28.2 Å². The number of aromatic amines is 1. The van der Waals surface area contributed by atoms with Crippen molar-refractivity contribution in [2.24, 2.45) is 0 Å². The molecule has 3 rings (SSSR count). The zero-order valence-electron chi connectivity index (χ0n) is 12.3. The second-order valence-electron chi connectivity index (χ2n) is 4.94. The Hall–Kier alpha value is -2.46. The minimum absolute atomic E-state index is 0.00862. The van der Waals surface area contributed by atoms with Crippen molar-refractivity contribution in [3.8, 4) is 0 Å². The van der Waals surface area contributed by atoms with Gasteiger partial charge in [-0.2, -0.15) is 0 Å². The fourth-order valence-corrected chi connectivity index (χ4v) is 3.17. The molecule has 1 aromatic carbocycles. The number of aromatic nitrogens is 4. The summed E-state index contributed by atoms with van der Waals surface area (Å²) in [5.41, 5.74) is 0.628. The monoisotopic (exact) mass is 337 g/mol. The quantitative estimate of drug-likeness (QED) is 0.679. The van der Waals surface area contributed by atoms with E-state index < -0.39 is 15.8 Å². The topological polar surface area (TPSA) is 123 Å². The maximum absolute atomic E-state index is 12.3. The van der Waals surface area contributed by atoms with Crippen molar-refractivity contribution in [1.29, 1.82) is 0 Å². The van der Waals surface area contributed by atoms with Crippen molar-refractivity contribution in [3.05, 3.63) is 40.9 Å². The van der Waals surface area contributed by atoms with Gasteiger partial charge in [0.05, 0.1) is 17.0 Å². The Morgan fingerprint density at radius 3 is 3.00 bits per heavy atom. The first-order valence-electron chi connectivity index (χ1n) is 6.99. The molecule has 23 heavy (non-hydrogen) atoms. The van der Waals surface area contributed by atoms with Gasteiger partial charge in [0.2, 0.25) is 10.0 Å². The van der Waals surface area contributed by atoms with Crippen LogP contribution in [0.5, 0.6) is 0 Å². The molecule has 0 saturated carbocycles. The van der Waals surface area contributed by atoms with Gasteiger partial charge in [-0.1, -0.05) is 6.92 Å². The number of nitrogens with one attached hydrogen (secondary N) is 2. The minimum Gasteiger partial charge on any atom is -0.408 e. The van der Waals surface area contributed by atoms with Crippen molar-refractivity contribution in [2.45, 2.75) is 31.3 Å². The first kappa shape index (κ1) is 15.4. The van der Waals surface area contributed by atoms with Crippen LogP contribution in [0.1, 0.15) is 19.2 Å². The molecule has 2 N–H and O–H groups in total. The van der Waals surface area contributed by atoms with Gasteiger partial charge >= 0.3 is 5.76 Å². The molecule has 0 aliphatic heterocycles. The highest BCUT2D eigenvalue weighted by molar-refractivity contribution is 7.89. The van der Waals surface area contributed by atoms with Gasteiger partial charge in [0.15, 0.2) is 5.58 Å². The van der Waals surface area contributed by atoms with Crippen molar-refractivity contribution in [2.75, 3.05) is 0 Å². The molecule has 0 spiro atoms. The van der Waals surface area contributed by atoms with Gasteiger partial charge in [-0.25, -0.2) is 17.9 Å². The third kappa shape index (κ3) is 3.17. The van der Waals surface area contributed by atoms with Crippen LogP contribution in [0.15, 0.2) is 38.6 Å². The summed E-state index contributed by atoms with van der Waals surface area (Å²) >= 11 is 0. The average molecular weight is 337 g/mol. The Morgan fingerprint density at radius 1 is 1.39 bits per heavy atom. The van der Waals surface area contributed by atoms with Crippen LogP contribution in [-0.2, 0) is 23.1 Å². The number of fused-ring (bicyclic) bond motifs is 1. The molecule has 0 unspecified atom stereocenters. The minimum atomic E-state index is -3.76. The molecular weight excluding hydrogens is 322 g/mol. The van der Waals surface area contributed by atoms with E-state index in [1.54, 1.807) is 10.9 Å².